The third-order valence-corrected chi connectivity index (χ3v) is 2.80. The quantitative estimate of drug-likeness (QED) is 0.853. The molecular formula is C11H9BrF2N4. The molecule has 0 aliphatic heterocycles. The van der Waals surface area contributed by atoms with Crippen molar-refractivity contribution in [2.75, 3.05) is 17.7 Å². The molecule has 0 unspecified atom stereocenters. The first kappa shape index (κ1) is 12.7. The van der Waals surface area contributed by atoms with Gasteiger partial charge in [0.2, 0.25) is 0 Å². The Bertz CT molecular complexity index is 577. The molecule has 0 fully saturated rings. The summed E-state index contributed by atoms with van der Waals surface area (Å²) in [6.07, 6.45) is 1.32. The minimum absolute atomic E-state index is 0.0106. The van der Waals surface area contributed by atoms with Gasteiger partial charge in [0.05, 0.1) is 10.2 Å². The van der Waals surface area contributed by atoms with Crippen LogP contribution in [-0.2, 0) is 0 Å². The van der Waals surface area contributed by atoms with Gasteiger partial charge in [0.15, 0.2) is 0 Å². The summed E-state index contributed by atoms with van der Waals surface area (Å²) in [7, 11) is 1.70. The zero-order chi connectivity index (χ0) is 13.1. The molecule has 0 bridgehead atoms. The Morgan fingerprint density at radius 2 is 1.78 bits per heavy atom. The van der Waals surface area contributed by atoms with Crippen molar-refractivity contribution in [3.8, 4) is 0 Å². The van der Waals surface area contributed by atoms with Crippen LogP contribution < -0.4 is 10.6 Å². The number of benzene rings is 1. The molecule has 1 aromatic heterocycles. The van der Waals surface area contributed by atoms with E-state index in [4.69, 9.17) is 0 Å². The third-order valence-electron chi connectivity index (χ3n) is 2.20. The van der Waals surface area contributed by atoms with Crippen LogP contribution in [0, 0.1) is 11.6 Å². The standard InChI is InChI=1S/C11H9BrF2N4/c1-15-10-4-11(17-5-16-10)18-9-3-7(13)6(12)2-8(9)14/h2-5H,1H3,(H2,15,16,17,18). The molecule has 0 spiro atoms. The molecule has 1 aromatic carbocycles. The van der Waals surface area contributed by atoms with Crippen molar-refractivity contribution in [3.63, 3.8) is 0 Å². The molecule has 0 aliphatic rings. The van der Waals surface area contributed by atoms with E-state index in [9.17, 15) is 8.78 Å². The third kappa shape index (κ3) is 2.73. The van der Waals surface area contributed by atoms with Gasteiger partial charge in [-0.1, -0.05) is 0 Å². The molecule has 2 aromatic rings. The van der Waals surface area contributed by atoms with Crippen molar-refractivity contribution >= 4 is 33.3 Å². The average molecular weight is 315 g/mol. The Labute approximate surface area is 111 Å². The Balaban J connectivity index is 2.30. The van der Waals surface area contributed by atoms with E-state index in [1.165, 1.54) is 6.33 Å². The van der Waals surface area contributed by atoms with E-state index in [-0.39, 0.29) is 10.2 Å². The molecule has 1 heterocycles. The summed E-state index contributed by atoms with van der Waals surface area (Å²) in [6, 6.07) is 3.69. The molecule has 0 saturated heterocycles. The van der Waals surface area contributed by atoms with E-state index in [0.717, 1.165) is 12.1 Å². The molecule has 2 rings (SSSR count). The molecule has 0 radical (unpaired) electrons. The summed E-state index contributed by atoms with van der Waals surface area (Å²) in [5, 5.41) is 5.51. The predicted molar refractivity (Wildman–Crippen MR) is 68.9 cm³/mol. The van der Waals surface area contributed by atoms with Gasteiger partial charge in [-0.25, -0.2) is 18.7 Å². The summed E-state index contributed by atoms with van der Waals surface area (Å²) in [5.74, 6) is -0.185. The average Bonchev–Trinajstić information content (AvgIpc) is 2.36. The molecule has 94 valence electrons. The maximum absolute atomic E-state index is 13.6. The van der Waals surface area contributed by atoms with Crippen LogP contribution in [0.15, 0.2) is 29.0 Å². The maximum atomic E-state index is 13.6. The van der Waals surface area contributed by atoms with Crippen molar-refractivity contribution in [2.24, 2.45) is 0 Å². The van der Waals surface area contributed by atoms with Crippen LogP contribution >= 0.6 is 15.9 Å². The second kappa shape index (κ2) is 5.26. The van der Waals surface area contributed by atoms with Crippen LogP contribution in [0.5, 0.6) is 0 Å². The summed E-state index contributed by atoms with van der Waals surface area (Å²) < 4.78 is 27.0. The van der Waals surface area contributed by atoms with Gasteiger partial charge in [-0.2, -0.15) is 0 Å². The topological polar surface area (TPSA) is 49.8 Å². The molecular weight excluding hydrogens is 306 g/mol. The lowest BCUT2D eigenvalue weighted by Crippen LogP contribution is -2.00. The van der Waals surface area contributed by atoms with Gasteiger partial charge in [-0.05, 0) is 22.0 Å². The van der Waals surface area contributed by atoms with Crippen LogP contribution in [-0.4, -0.2) is 17.0 Å². The first-order chi connectivity index (χ1) is 8.60. The van der Waals surface area contributed by atoms with Crippen LogP contribution in [0.1, 0.15) is 0 Å². The van der Waals surface area contributed by atoms with Gasteiger partial charge in [0, 0.05) is 19.2 Å². The largest absolute Gasteiger partial charge is 0.373 e. The fraction of sp³-hybridized carbons (Fsp3) is 0.0909. The van der Waals surface area contributed by atoms with Gasteiger partial charge in [-0.15, -0.1) is 0 Å². The highest BCUT2D eigenvalue weighted by atomic mass is 79.9. The summed E-state index contributed by atoms with van der Waals surface area (Å²) >= 11 is 2.91. The predicted octanol–water partition coefficient (Wildman–Crippen LogP) is 3.30. The van der Waals surface area contributed by atoms with Crippen LogP contribution in [0.2, 0.25) is 0 Å². The molecule has 4 nitrogen and oxygen atoms in total. The van der Waals surface area contributed by atoms with E-state index in [2.05, 4.69) is 36.5 Å². The van der Waals surface area contributed by atoms with Gasteiger partial charge < -0.3 is 10.6 Å². The first-order valence-corrected chi connectivity index (χ1v) is 5.81. The van der Waals surface area contributed by atoms with E-state index in [1.54, 1.807) is 13.1 Å². The molecule has 0 aliphatic carbocycles. The van der Waals surface area contributed by atoms with Crippen molar-refractivity contribution in [2.45, 2.75) is 0 Å². The van der Waals surface area contributed by atoms with Crippen LogP contribution in [0.3, 0.4) is 0 Å². The Morgan fingerprint density at radius 1 is 1.06 bits per heavy atom. The van der Waals surface area contributed by atoms with E-state index in [1.807, 2.05) is 0 Å². The van der Waals surface area contributed by atoms with Gasteiger partial charge in [-0.3, -0.25) is 0 Å². The van der Waals surface area contributed by atoms with E-state index < -0.39 is 11.6 Å². The van der Waals surface area contributed by atoms with Crippen molar-refractivity contribution in [1.82, 2.24) is 9.97 Å². The summed E-state index contributed by atoms with van der Waals surface area (Å²) in [4.78, 5) is 7.83. The van der Waals surface area contributed by atoms with Crippen molar-refractivity contribution in [3.05, 3.63) is 40.6 Å². The fourth-order valence-electron chi connectivity index (χ4n) is 1.32. The number of halogens is 3. The minimum Gasteiger partial charge on any atom is -0.373 e. The molecule has 0 saturated carbocycles. The second-order valence-corrected chi connectivity index (χ2v) is 4.26. The van der Waals surface area contributed by atoms with Crippen LogP contribution in [0.25, 0.3) is 0 Å². The lowest BCUT2D eigenvalue weighted by atomic mass is 10.3. The van der Waals surface area contributed by atoms with Gasteiger partial charge in [0.1, 0.15) is 29.6 Å². The Morgan fingerprint density at radius 3 is 2.50 bits per heavy atom. The lowest BCUT2D eigenvalue weighted by molar-refractivity contribution is 0.597. The SMILES string of the molecule is CNc1cc(Nc2cc(F)c(Br)cc2F)ncn1. The number of aromatic nitrogens is 2. The fourth-order valence-corrected chi connectivity index (χ4v) is 1.63. The normalized spacial score (nSPS) is 10.2. The number of nitrogens with zero attached hydrogens (tertiary/aromatic N) is 2. The number of hydrogen-bond donors (Lipinski definition) is 2. The molecule has 7 heteroatoms. The van der Waals surface area contributed by atoms with Gasteiger partial charge >= 0.3 is 0 Å². The molecule has 2 N–H and O–H groups in total. The maximum Gasteiger partial charge on any atom is 0.148 e. The van der Waals surface area contributed by atoms with Crippen molar-refractivity contribution < 1.29 is 8.78 Å². The minimum atomic E-state index is -0.576. The molecule has 18 heavy (non-hydrogen) atoms. The smallest absolute Gasteiger partial charge is 0.148 e. The van der Waals surface area contributed by atoms with E-state index in [0.29, 0.717) is 11.6 Å². The number of anilines is 3. The highest BCUT2D eigenvalue weighted by Crippen LogP contribution is 2.25. The van der Waals surface area contributed by atoms with Crippen molar-refractivity contribution in [1.29, 1.82) is 0 Å². The Kier molecular flexibility index (Phi) is 3.71. The number of nitrogens with one attached hydrogen (secondary N) is 2. The summed E-state index contributed by atoms with van der Waals surface area (Å²) in [6.45, 7) is 0. The Hall–Kier alpha value is -1.76. The second-order valence-electron chi connectivity index (χ2n) is 3.41. The zero-order valence-corrected chi connectivity index (χ0v) is 10.9. The monoisotopic (exact) mass is 314 g/mol. The highest BCUT2D eigenvalue weighted by Gasteiger charge is 2.09. The highest BCUT2D eigenvalue weighted by molar-refractivity contribution is 9.10. The molecule has 0 atom stereocenters. The summed E-state index contributed by atoms with van der Waals surface area (Å²) in [5.41, 5.74) is 0.0106. The number of rotatable bonds is 3. The van der Waals surface area contributed by atoms with Crippen LogP contribution in [0.4, 0.5) is 26.1 Å². The number of hydrogen-bond acceptors (Lipinski definition) is 4. The van der Waals surface area contributed by atoms with Gasteiger partial charge in [0.25, 0.3) is 0 Å². The lowest BCUT2D eigenvalue weighted by Gasteiger charge is -2.08. The molecule has 0 amide bonds. The first-order valence-electron chi connectivity index (χ1n) is 5.01. The van der Waals surface area contributed by atoms with E-state index >= 15 is 0 Å². The zero-order valence-electron chi connectivity index (χ0n) is 9.34.